The molecule has 0 heterocycles. The van der Waals surface area contributed by atoms with E-state index in [0.717, 1.165) is 0 Å². The standard InChI is InChI=1S/C26H63F2O45P11/c27-19-25(21-29)22-72-83(49,50)69-17-15-67-81(45,46)65-13-11-63-79(41,42)61-9-7-59-77(37,38)57-5-3-55-75(33,34)53-1-2-54-76(35,36)56-4-6-58-78(39,40)60-8-10-62-80(43,44)64-12-14-66-82(47,48)68-16-18-70-84(51,52)73-24-26(20-28)23-71-74(30,31)32/h25-26,29H,1-24H2,(H,33,34)(H,35,36)(H,37,38)(H,39,40)(H,41,42)(H,43,44)(H,45,46)(H,47,48)(H,49,50)(H,51,52)(H2,30,31,32)/p-11. The molecule has 0 aromatic carbocycles. The molecule has 0 aromatic heterocycles. The Morgan fingerprint density at radius 2 is 0.381 bits per heavy atom. The second kappa shape index (κ2) is 41.6. The largest absolute Gasteiger partial charge is 0.756 e. The molecule has 0 aromatic rings. The quantitative estimate of drug-likeness (QED) is 0.0424. The fraction of sp³-hybridized carbons (Fsp3) is 1.00. The van der Waals surface area contributed by atoms with E-state index in [4.69, 9.17) is 10.00 Å². The zero-order valence-electron chi connectivity index (χ0n) is 42.2. The van der Waals surface area contributed by atoms with Crippen LogP contribution in [0, 0.1) is 11.8 Å². The van der Waals surface area contributed by atoms with Crippen molar-refractivity contribution < 1.29 is 218 Å². The monoisotopic (exact) mass is 1460 g/mol. The Labute approximate surface area is 473 Å². The molecule has 0 radical (unpaired) electrons. The molecular formula is C26H52F2O45P11-11. The average molecular weight is 1460 g/mol. The van der Waals surface area contributed by atoms with E-state index in [1.165, 1.54) is 0 Å². The van der Waals surface area contributed by atoms with Gasteiger partial charge in [-0.3, -0.25) is 59.0 Å². The van der Waals surface area contributed by atoms with Crippen LogP contribution in [0.25, 0.3) is 0 Å². The van der Waals surface area contributed by atoms with Crippen molar-refractivity contribution >= 4 is 86.0 Å². The Morgan fingerprint density at radius 3 is 0.512 bits per heavy atom. The zero-order chi connectivity index (χ0) is 64.5. The van der Waals surface area contributed by atoms with Crippen molar-refractivity contribution in [3.05, 3.63) is 0 Å². The summed E-state index contributed by atoms with van der Waals surface area (Å²) in [5.74, 6) is -2.67. The number of aliphatic hydroxyl groups excluding tert-OH is 1. The Kier molecular flexibility index (Phi) is 42.1. The van der Waals surface area contributed by atoms with Gasteiger partial charge in [0.05, 0.1) is 159 Å². The third-order valence-electron chi connectivity index (χ3n) is 7.34. The Morgan fingerprint density at radius 1 is 0.250 bits per heavy atom. The van der Waals surface area contributed by atoms with E-state index in [9.17, 15) is 113 Å². The number of hydrogen-bond donors (Lipinski definition) is 2. The van der Waals surface area contributed by atoms with Gasteiger partial charge in [0.1, 0.15) is 0 Å². The highest BCUT2D eigenvalue weighted by molar-refractivity contribution is 7.48. The number of halogens is 2. The van der Waals surface area contributed by atoms with Crippen LogP contribution < -0.4 is 53.8 Å². The maximum Gasteiger partial charge on any atom is 0.268 e. The molecule has 0 aliphatic rings. The second-order valence-electron chi connectivity index (χ2n) is 14.0. The number of phosphoric ester groups is 11. The van der Waals surface area contributed by atoms with Crippen molar-refractivity contribution in [2.75, 3.05) is 159 Å². The van der Waals surface area contributed by atoms with E-state index < -0.39 is 257 Å². The second-order valence-corrected chi connectivity index (χ2v) is 29.4. The normalized spacial score (nSPS) is 21.1. The SMILES string of the molecule is O=P([O-])(O)OCC(CF)COP(=O)([O-])OCCOP(=O)([O-])OCCOP(=O)([O-])OCCOP(=O)([O-])OCCOP(=O)([O-])OCCOP(=O)([O-])OCCOP(=O)([O-])OCCOP(=O)([O-])OCCOP(=O)([O-])OCCOP(=O)([O-])OCC(CO)CF. The van der Waals surface area contributed by atoms with E-state index in [-0.39, 0.29) is 0 Å². The van der Waals surface area contributed by atoms with Gasteiger partial charge in [0, 0.05) is 11.8 Å². The molecule has 0 amide bonds. The topological polar surface area (TPSA) is 676 Å². The minimum absolute atomic E-state index is 0.741. The summed E-state index contributed by atoms with van der Waals surface area (Å²) in [6.45, 7) is -24.9. The van der Waals surface area contributed by atoms with Crippen LogP contribution in [0.5, 0.6) is 0 Å². The van der Waals surface area contributed by atoms with Gasteiger partial charge in [-0.1, -0.05) is 0 Å². The third-order valence-corrected chi connectivity index (χ3v) is 17.7. The summed E-state index contributed by atoms with van der Waals surface area (Å²) in [6.07, 6.45) is 0. The van der Waals surface area contributed by atoms with Gasteiger partial charge in [0.15, 0.2) is 0 Å². The van der Waals surface area contributed by atoms with Crippen LogP contribution in [0.3, 0.4) is 0 Å². The summed E-state index contributed by atoms with van der Waals surface area (Å²) < 4.78 is 243. The van der Waals surface area contributed by atoms with Gasteiger partial charge in [-0.2, -0.15) is 0 Å². The predicted molar refractivity (Wildman–Crippen MR) is 237 cm³/mol. The summed E-state index contributed by atoms with van der Waals surface area (Å²) in [6, 6.07) is 0. The number of alkyl halides is 2. The molecule has 0 bridgehead atoms. The van der Waals surface area contributed by atoms with Gasteiger partial charge in [-0.25, -0.2) is 0 Å². The van der Waals surface area contributed by atoms with Crippen LogP contribution in [-0.2, 0) is 145 Å². The molecule has 0 saturated heterocycles. The maximum absolute atomic E-state index is 12.9. The smallest absolute Gasteiger partial charge is 0.268 e. The van der Waals surface area contributed by atoms with Crippen molar-refractivity contribution in [2.24, 2.45) is 11.8 Å². The van der Waals surface area contributed by atoms with Crippen LogP contribution in [-0.4, -0.2) is 169 Å². The summed E-state index contributed by atoms with van der Waals surface area (Å²) in [5, 5.41) is 8.80. The first-order valence-electron chi connectivity index (χ1n) is 21.9. The third kappa shape index (κ3) is 49.7. The molecule has 0 fully saturated rings. The van der Waals surface area contributed by atoms with E-state index >= 15 is 0 Å². The minimum atomic E-state index is -5.33. The van der Waals surface area contributed by atoms with Gasteiger partial charge in [0.25, 0.3) is 86.0 Å². The Bertz CT molecular complexity index is 2410. The Hall–Kier alpha value is 1.03. The molecule has 58 heteroatoms. The summed E-state index contributed by atoms with van der Waals surface area (Å²) >= 11 is 0. The molecule has 0 aliphatic heterocycles. The first-order chi connectivity index (χ1) is 38.5. The Balaban J connectivity index is 4.27. The summed E-state index contributed by atoms with van der Waals surface area (Å²) in [4.78, 5) is 137. The molecule has 13 atom stereocenters. The van der Waals surface area contributed by atoms with Gasteiger partial charge in [-0.15, -0.1) is 0 Å². The lowest BCUT2D eigenvalue weighted by atomic mass is 10.2. The highest BCUT2D eigenvalue weighted by Crippen LogP contribution is 2.47. The molecule has 0 spiro atoms. The van der Waals surface area contributed by atoms with Crippen molar-refractivity contribution in [3.8, 4) is 0 Å². The van der Waals surface area contributed by atoms with Gasteiger partial charge >= 0.3 is 0 Å². The van der Waals surface area contributed by atoms with Gasteiger partial charge in [0.2, 0.25) is 0 Å². The minimum Gasteiger partial charge on any atom is -0.756 e. The van der Waals surface area contributed by atoms with E-state index in [0.29, 0.717) is 0 Å². The summed E-state index contributed by atoms with van der Waals surface area (Å²) in [5.41, 5.74) is 0. The number of rotatable bonds is 57. The molecular weight excluding hydrogens is 1410 g/mol. The fourth-order valence-corrected chi connectivity index (χ4v) is 11.2. The molecule has 0 aliphatic carbocycles. The summed E-state index contributed by atoms with van der Waals surface area (Å²) in [7, 11) is -57.9. The van der Waals surface area contributed by atoms with Crippen LogP contribution in [0.2, 0.25) is 0 Å². The molecule has 2 N–H and O–H groups in total. The van der Waals surface area contributed by atoms with Crippen molar-refractivity contribution in [3.63, 3.8) is 0 Å². The molecule has 0 saturated carbocycles. The van der Waals surface area contributed by atoms with Crippen LogP contribution in [0.15, 0.2) is 0 Å². The highest BCUT2D eigenvalue weighted by atomic mass is 31.2. The first kappa shape index (κ1) is 85.0. The van der Waals surface area contributed by atoms with Crippen LogP contribution in [0.4, 0.5) is 8.78 Å². The van der Waals surface area contributed by atoms with Crippen LogP contribution >= 0.6 is 86.0 Å². The van der Waals surface area contributed by atoms with E-state index in [1.807, 2.05) is 0 Å². The van der Waals surface area contributed by atoms with E-state index in [1.54, 1.807) is 0 Å². The lowest BCUT2D eigenvalue weighted by molar-refractivity contribution is -0.239. The lowest BCUT2D eigenvalue weighted by Crippen LogP contribution is -2.21. The van der Waals surface area contributed by atoms with Crippen molar-refractivity contribution in [1.29, 1.82) is 0 Å². The van der Waals surface area contributed by atoms with Crippen LogP contribution in [0.1, 0.15) is 0 Å². The number of hydrogen-bond acceptors (Lipinski definition) is 44. The highest BCUT2D eigenvalue weighted by Gasteiger charge is 2.22. The predicted octanol–water partition coefficient (Wildman–Crippen LogP) is -5.36. The maximum atomic E-state index is 12.9. The van der Waals surface area contributed by atoms with Gasteiger partial charge < -0.3 is 159 Å². The molecule has 45 nitrogen and oxygen atoms in total. The first-order valence-corrected chi connectivity index (χ1v) is 38.0. The average Bonchev–Trinajstić information content (AvgIpc) is 3.38. The molecule has 506 valence electrons. The molecule has 84 heavy (non-hydrogen) atoms. The zero-order valence-corrected chi connectivity index (χ0v) is 52.1. The van der Waals surface area contributed by atoms with Crippen molar-refractivity contribution in [2.45, 2.75) is 0 Å². The fourth-order valence-electron chi connectivity index (χ4n) is 3.93. The number of aliphatic hydroxyl groups is 1. The van der Waals surface area contributed by atoms with E-state index in [2.05, 4.69) is 95.0 Å². The molecule has 13 unspecified atom stereocenters. The van der Waals surface area contributed by atoms with Gasteiger partial charge in [-0.05, 0) is 0 Å². The molecule has 0 rings (SSSR count). The number of phosphoric acid groups is 11. The lowest BCUT2D eigenvalue weighted by Gasteiger charge is -2.27. The van der Waals surface area contributed by atoms with Crippen molar-refractivity contribution in [1.82, 2.24) is 0 Å².